The molecule has 2 rings (SSSR count). The summed E-state index contributed by atoms with van der Waals surface area (Å²) in [5, 5.41) is 11.4. The van der Waals surface area contributed by atoms with Crippen molar-refractivity contribution in [2.75, 3.05) is 13.1 Å². The second kappa shape index (κ2) is 4.68. The van der Waals surface area contributed by atoms with Crippen LogP contribution < -0.4 is 0 Å². The average Bonchev–Trinajstić information content (AvgIpc) is 2.58. The maximum absolute atomic E-state index is 13.2. The van der Waals surface area contributed by atoms with Gasteiger partial charge in [-0.3, -0.25) is 4.90 Å². The number of hydrogen-bond acceptors (Lipinski definition) is 6. The number of aliphatic imine (C=N–C) groups is 1. The van der Waals surface area contributed by atoms with Crippen LogP contribution >= 0.6 is 11.8 Å². The van der Waals surface area contributed by atoms with Gasteiger partial charge < -0.3 is 9.94 Å². The zero-order valence-corrected chi connectivity index (χ0v) is 9.95. The van der Waals surface area contributed by atoms with Crippen LogP contribution in [0.3, 0.4) is 0 Å². The molecule has 0 saturated carbocycles. The summed E-state index contributed by atoms with van der Waals surface area (Å²) in [7, 11) is 0. The van der Waals surface area contributed by atoms with Gasteiger partial charge in [0, 0.05) is 13.1 Å². The molecule has 2 aliphatic heterocycles. The van der Waals surface area contributed by atoms with Gasteiger partial charge in [-0.25, -0.2) is 4.99 Å². The van der Waals surface area contributed by atoms with E-state index in [4.69, 9.17) is 9.94 Å². The molecule has 1 saturated heterocycles. The van der Waals surface area contributed by atoms with Crippen molar-refractivity contribution >= 4 is 22.8 Å². The van der Waals surface area contributed by atoms with Crippen molar-refractivity contribution in [2.45, 2.75) is 31.6 Å². The van der Waals surface area contributed by atoms with Crippen LogP contribution in [0.15, 0.2) is 10.1 Å². The molecule has 0 aromatic rings. The van der Waals surface area contributed by atoms with Gasteiger partial charge in [-0.05, 0) is 13.8 Å². The fourth-order valence-electron chi connectivity index (χ4n) is 1.95. The number of halogens is 1. The van der Waals surface area contributed by atoms with Crippen molar-refractivity contribution in [3.8, 4) is 0 Å². The lowest BCUT2D eigenvalue weighted by molar-refractivity contribution is -0.0703. The monoisotopic (exact) mass is 247 g/mol. The summed E-state index contributed by atoms with van der Waals surface area (Å²) in [6.07, 6.45) is 0.218. The number of rotatable bonds is 1. The van der Waals surface area contributed by atoms with Gasteiger partial charge in [0.1, 0.15) is 0 Å². The number of nitrogens with zero attached hydrogens (tertiary/aromatic N) is 3. The van der Waals surface area contributed by atoms with E-state index in [1.54, 1.807) is 0 Å². The maximum atomic E-state index is 13.2. The summed E-state index contributed by atoms with van der Waals surface area (Å²) in [6, 6.07) is 0. The van der Waals surface area contributed by atoms with Gasteiger partial charge in [0.05, 0.1) is 12.2 Å². The SMILES string of the molecule is C[C@@H]1CN(C2N=C(F)C(=NO)S2)C[C@H](C)O1. The fraction of sp³-hybridized carbons (Fsp3) is 0.778. The molecule has 0 spiro atoms. The van der Waals surface area contributed by atoms with Gasteiger partial charge in [0.15, 0.2) is 10.5 Å². The molecule has 0 aliphatic carbocycles. The van der Waals surface area contributed by atoms with Crippen molar-refractivity contribution in [3.05, 3.63) is 0 Å². The third kappa shape index (κ3) is 2.36. The zero-order chi connectivity index (χ0) is 11.7. The Morgan fingerprint density at radius 3 is 2.62 bits per heavy atom. The lowest BCUT2D eigenvalue weighted by atomic mass is 10.2. The first-order chi connectivity index (χ1) is 7.60. The molecular weight excluding hydrogens is 233 g/mol. The third-order valence-corrected chi connectivity index (χ3v) is 3.56. The van der Waals surface area contributed by atoms with Crippen LogP contribution in [-0.4, -0.2) is 51.9 Å². The molecular formula is C9H14FN3O2S. The number of thioether (sulfide) groups is 1. The van der Waals surface area contributed by atoms with Crippen LogP contribution in [0.1, 0.15) is 13.8 Å². The minimum Gasteiger partial charge on any atom is -0.410 e. The Morgan fingerprint density at radius 2 is 2.12 bits per heavy atom. The molecule has 90 valence electrons. The minimum absolute atomic E-state index is 0.0446. The largest absolute Gasteiger partial charge is 0.410 e. The Hall–Kier alpha value is -0.660. The molecule has 1 fully saturated rings. The summed E-state index contributed by atoms with van der Waals surface area (Å²) in [5.41, 5.74) is -0.334. The van der Waals surface area contributed by atoms with E-state index >= 15 is 0 Å². The lowest BCUT2D eigenvalue weighted by Crippen LogP contribution is -2.48. The number of hydrogen-bond donors (Lipinski definition) is 1. The van der Waals surface area contributed by atoms with E-state index in [1.807, 2.05) is 18.7 Å². The van der Waals surface area contributed by atoms with Crippen molar-refractivity contribution in [2.24, 2.45) is 10.1 Å². The van der Waals surface area contributed by atoms with Crippen molar-refractivity contribution in [1.82, 2.24) is 4.90 Å². The van der Waals surface area contributed by atoms with Crippen molar-refractivity contribution in [3.63, 3.8) is 0 Å². The van der Waals surface area contributed by atoms with Crippen LogP contribution in [0.25, 0.3) is 0 Å². The number of oxime groups is 1. The van der Waals surface area contributed by atoms with Crippen molar-refractivity contribution in [1.29, 1.82) is 0 Å². The highest BCUT2D eigenvalue weighted by Gasteiger charge is 2.34. The smallest absolute Gasteiger partial charge is 0.246 e. The van der Waals surface area contributed by atoms with Crippen LogP contribution in [0.5, 0.6) is 0 Å². The molecule has 5 nitrogen and oxygen atoms in total. The Morgan fingerprint density at radius 1 is 1.50 bits per heavy atom. The Balaban J connectivity index is 2.04. The second-order valence-electron chi connectivity index (χ2n) is 3.98. The highest BCUT2D eigenvalue weighted by molar-refractivity contribution is 8.16. The molecule has 3 atom stereocenters. The van der Waals surface area contributed by atoms with Crippen LogP contribution in [0.4, 0.5) is 4.39 Å². The van der Waals surface area contributed by atoms with Gasteiger partial charge in [-0.1, -0.05) is 16.9 Å². The van der Waals surface area contributed by atoms with Crippen molar-refractivity contribution < 1.29 is 14.3 Å². The maximum Gasteiger partial charge on any atom is 0.246 e. The molecule has 0 aromatic carbocycles. The minimum atomic E-state index is -0.690. The molecule has 16 heavy (non-hydrogen) atoms. The summed E-state index contributed by atoms with van der Waals surface area (Å²) >= 11 is 1.12. The lowest BCUT2D eigenvalue weighted by Gasteiger charge is -2.36. The number of ether oxygens (including phenoxy) is 1. The van der Waals surface area contributed by atoms with E-state index in [1.165, 1.54) is 0 Å². The Kier molecular flexibility index (Phi) is 3.46. The van der Waals surface area contributed by atoms with Gasteiger partial charge in [-0.2, -0.15) is 4.39 Å². The van der Waals surface area contributed by atoms with Crippen LogP contribution in [0, 0.1) is 0 Å². The topological polar surface area (TPSA) is 57.4 Å². The highest BCUT2D eigenvalue weighted by atomic mass is 32.2. The van der Waals surface area contributed by atoms with Gasteiger partial charge in [-0.15, -0.1) is 0 Å². The van der Waals surface area contributed by atoms with E-state index in [9.17, 15) is 4.39 Å². The average molecular weight is 247 g/mol. The van der Waals surface area contributed by atoms with E-state index in [-0.39, 0.29) is 22.7 Å². The third-order valence-electron chi connectivity index (χ3n) is 2.47. The fourth-order valence-corrected chi connectivity index (χ4v) is 2.81. The molecule has 0 bridgehead atoms. The molecule has 0 radical (unpaired) electrons. The second-order valence-corrected chi connectivity index (χ2v) is 5.02. The van der Waals surface area contributed by atoms with Crippen LogP contribution in [0.2, 0.25) is 0 Å². The summed E-state index contributed by atoms with van der Waals surface area (Å²) < 4.78 is 18.8. The number of morpholine rings is 1. The molecule has 1 N–H and O–H groups in total. The van der Waals surface area contributed by atoms with Gasteiger partial charge in [0.2, 0.25) is 5.97 Å². The Labute approximate surface area is 97.3 Å². The van der Waals surface area contributed by atoms with E-state index in [0.717, 1.165) is 11.8 Å². The molecule has 0 amide bonds. The van der Waals surface area contributed by atoms with E-state index in [2.05, 4.69) is 10.1 Å². The van der Waals surface area contributed by atoms with E-state index < -0.39 is 5.97 Å². The molecule has 0 aromatic heterocycles. The van der Waals surface area contributed by atoms with Gasteiger partial charge >= 0.3 is 0 Å². The molecule has 2 heterocycles. The first-order valence-electron chi connectivity index (χ1n) is 5.12. The normalized spacial score (nSPS) is 39.1. The first kappa shape index (κ1) is 11.8. The standard InChI is InChI=1S/C9H14FN3O2S/c1-5-3-13(4-6(2)15-5)9-11-7(10)8(12-14)16-9/h5-6,9,14H,3-4H2,1-2H3/t5-,6+,9?. The highest BCUT2D eigenvalue weighted by Crippen LogP contribution is 2.29. The molecule has 7 heteroatoms. The summed E-state index contributed by atoms with van der Waals surface area (Å²) in [5.74, 6) is -0.690. The zero-order valence-electron chi connectivity index (χ0n) is 9.13. The predicted molar refractivity (Wildman–Crippen MR) is 60.7 cm³/mol. The van der Waals surface area contributed by atoms with E-state index in [0.29, 0.717) is 13.1 Å². The molecule has 1 unspecified atom stereocenters. The van der Waals surface area contributed by atoms with Crippen LogP contribution in [-0.2, 0) is 4.74 Å². The quantitative estimate of drug-likeness (QED) is 0.560. The summed E-state index contributed by atoms with van der Waals surface area (Å²) in [4.78, 5) is 5.85. The van der Waals surface area contributed by atoms with Gasteiger partial charge in [0.25, 0.3) is 0 Å². The summed E-state index contributed by atoms with van der Waals surface area (Å²) in [6.45, 7) is 5.36. The molecule has 2 aliphatic rings. The Bertz CT molecular complexity index is 327. The first-order valence-corrected chi connectivity index (χ1v) is 6.00. The predicted octanol–water partition coefficient (Wildman–Crippen LogP) is 1.28.